The van der Waals surface area contributed by atoms with E-state index in [2.05, 4.69) is 4.98 Å². The molecule has 5 nitrogen and oxygen atoms in total. The molecule has 0 radical (unpaired) electrons. The molecule has 0 bridgehead atoms. The van der Waals surface area contributed by atoms with Gasteiger partial charge < -0.3 is 10.0 Å². The van der Waals surface area contributed by atoms with Crippen LogP contribution in [0.4, 0.5) is 0 Å². The van der Waals surface area contributed by atoms with Gasteiger partial charge in [-0.15, -0.1) is 0 Å². The summed E-state index contributed by atoms with van der Waals surface area (Å²) in [7, 11) is 1.58. The van der Waals surface area contributed by atoms with Crippen molar-refractivity contribution in [2.24, 2.45) is 0 Å². The fraction of sp³-hybridized carbons (Fsp3) is 0.364. The van der Waals surface area contributed by atoms with E-state index in [1.54, 1.807) is 7.05 Å². The summed E-state index contributed by atoms with van der Waals surface area (Å²) in [6, 6.07) is 1.39. The van der Waals surface area contributed by atoms with E-state index in [0.717, 1.165) is 0 Å². The van der Waals surface area contributed by atoms with Crippen molar-refractivity contribution >= 4 is 35.1 Å². The van der Waals surface area contributed by atoms with Gasteiger partial charge in [0.05, 0.1) is 10.6 Å². The van der Waals surface area contributed by atoms with Crippen molar-refractivity contribution in [3.63, 3.8) is 0 Å². The highest BCUT2D eigenvalue weighted by molar-refractivity contribution is 6.35. The topological polar surface area (TPSA) is 70.5 Å². The number of aliphatic carboxylic acids is 1. The Hall–Kier alpha value is -1.33. The number of hydrogen-bond donors (Lipinski definition) is 1. The summed E-state index contributed by atoms with van der Waals surface area (Å²) in [6.45, 7) is 0.335. The van der Waals surface area contributed by atoms with Crippen LogP contribution in [0, 0.1) is 0 Å². The summed E-state index contributed by atoms with van der Waals surface area (Å²) >= 11 is 11.6. The minimum atomic E-state index is -0.888. The number of carbonyl (C=O) groups is 2. The quantitative estimate of drug-likeness (QED) is 0.845. The number of pyridine rings is 1. The minimum Gasteiger partial charge on any atom is -0.481 e. The fourth-order valence-electron chi connectivity index (χ4n) is 1.35. The van der Waals surface area contributed by atoms with Gasteiger partial charge in [0.25, 0.3) is 5.91 Å². The van der Waals surface area contributed by atoms with E-state index < -0.39 is 5.97 Å². The molecule has 0 spiro atoms. The number of aromatic nitrogens is 1. The third kappa shape index (κ3) is 4.16. The summed E-state index contributed by atoms with van der Waals surface area (Å²) in [5.74, 6) is -1.20. The molecule has 0 aliphatic heterocycles. The second-order valence-electron chi connectivity index (χ2n) is 3.71. The lowest BCUT2D eigenvalue weighted by Gasteiger charge is -2.17. The van der Waals surface area contributed by atoms with Crippen molar-refractivity contribution < 1.29 is 14.7 Å². The van der Waals surface area contributed by atoms with Crippen LogP contribution >= 0.6 is 23.2 Å². The molecule has 18 heavy (non-hydrogen) atoms. The Labute approximate surface area is 114 Å². The second-order valence-corrected chi connectivity index (χ2v) is 4.51. The van der Waals surface area contributed by atoms with Crippen LogP contribution in [0.1, 0.15) is 23.2 Å². The van der Waals surface area contributed by atoms with E-state index >= 15 is 0 Å². The third-order valence-corrected chi connectivity index (χ3v) is 2.79. The number of carbonyl (C=O) groups excluding carboxylic acids is 1. The van der Waals surface area contributed by atoms with Crippen LogP contribution in [-0.4, -0.2) is 40.5 Å². The van der Waals surface area contributed by atoms with E-state index in [1.807, 2.05) is 0 Å². The molecule has 1 N–H and O–H groups in total. The molecular formula is C11H12Cl2N2O3. The number of amides is 1. The molecule has 0 atom stereocenters. The molecule has 1 rings (SSSR count). The zero-order chi connectivity index (χ0) is 13.7. The number of halogens is 2. The number of carboxylic acid groups (broad SMARTS) is 1. The Morgan fingerprint density at radius 1 is 1.44 bits per heavy atom. The van der Waals surface area contributed by atoms with Gasteiger partial charge in [0.15, 0.2) is 0 Å². The van der Waals surface area contributed by atoms with E-state index in [4.69, 9.17) is 28.3 Å². The van der Waals surface area contributed by atoms with Gasteiger partial charge >= 0.3 is 5.97 Å². The normalized spacial score (nSPS) is 10.2. The van der Waals surface area contributed by atoms with Crippen molar-refractivity contribution in [3.8, 4) is 0 Å². The van der Waals surface area contributed by atoms with Crippen molar-refractivity contribution in [3.05, 3.63) is 28.0 Å². The molecule has 0 saturated carbocycles. The molecule has 1 amide bonds. The van der Waals surface area contributed by atoms with E-state index in [-0.39, 0.29) is 28.1 Å². The average molecular weight is 291 g/mol. The molecule has 0 aromatic carbocycles. The summed E-state index contributed by atoms with van der Waals surface area (Å²) in [6.07, 6.45) is 1.71. The van der Waals surface area contributed by atoms with Gasteiger partial charge in [-0.3, -0.25) is 9.59 Å². The maximum absolute atomic E-state index is 12.0. The lowest BCUT2D eigenvalue weighted by Crippen LogP contribution is -2.28. The predicted molar refractivity (Wildman–Crippen MR) is 68.1 cm³/mol. The smallest absolute Gasteiger partial charge is 0.303 e. The molecule has 1 heterocycles. The van der Waals surface area contributed by atoms with Gasteiger partial charge in [-0.25, -0.2) is 4.98 Å². The van der Waals surface area contributed by atoms with Crippen LogP contribution in [0.15, 0.2) is 12.3 Å². The summed E-state index contributed by atoms with van der Waals surface area (Å²) in [5.41, 5.74) is 0.259. The molecule has 98 valence electrons. The van der Waals surface area contributed by atoms with Gasteiger partial charge in [0, 0.05) is 26.2 Å². The molecule has 0 fully saturated rings. The van der Waals surface area contributed by atoms with Crippen LogP contribution in [0.2, 0.25) is 10.2 Å². The number of rotatable bonds is 5. The van der Waals surface area contributed by atoms with Gasteiger partial charge in [-0.1, -0.05) is 23.2 Å². The first kappa shape index (κ1) is 14.7. The minimum absolute atomic E-state index is 0.0163. The van der Waals surface area contributed by atoms with Crippen molar-refractivity contribution in [2.45, 2.75) is 12.8 Å². The van der Waals surface area contributed by atoms with Crippen LogP contribution in [-0.2, 0) is 4.79 Å². The van der Waals surface area contributed by atoms with E-state index in [0.29, 0.717) is 13.0 Å². The van der Waals surface area contributed by atoms with Gasteiger partial charge in [-0.05, 0) is 12.5 Å². The largest absolute Gasteiger partial charge is 0.481 e. The summed E-state index contributed by atoms with van der Waals surface area (Å²) in [4.78, 5) is 27.5. The maximum atomic E-state index is 12.0. The number of nitrogens with zero attached hydrogens (tertiary/aromatic N) is 2. The number of carboxylic acids is 1. The molecule has 7 heteroatoms. The Morgan fingerprint density at radius 2 is 2.11 bits per heavy atom. The summed E-state index contributed by atoms with van der Waals surface area (Å²) < 4.78 is 0. The van der Waals surface area contributed by atoms with Crippen molar-refractivity contribution in [2.75, 3.05) is 13.6 Å². The predicted octanol–water partition coefficient (Wildman–Crippen LogP) is 2.33. The first-order valence-electron chi connectivity index (χ1n) is 5.20. The van der Waals surface area contributed by atoms with Crippen molar-refractivity contribution in [1.29, 1.82) is 0 Å². The zero-order valence-electron chi connectivity index (χ0n) is 9.69. The number of hydrogen-bond acceptors (Lipinski definition) is 3. The molecule has 0 unspecified atom stereocenters. The Kier molecular flexibility index (Phi) is 5.37. The average Bonchev–Trinajstić information content (AvgIpc) is 2.30. The highest BCUT2D eigenvalue weighted by Crippen LogP contribution is 2.19. The first-order valence-corrected chi connectivity index (χ1v) is 5.95. The highest BCUT2D eigenvalue weighted by atomic mass is 35.5. The highest BCUT2D eigenvalue weighted by Gasteiger charge is 2.16. The second kappa shape index (κ2) is 6.56. The van der Waals surface area contributed by atoms with Crippen LogP contribution in [0.3, 0.4) is 0 Å². The van der Waals surface area contributed by atoms with Crippen LogP contribution < -0.4 is 0 Å². The zero-order valence-corrected chi connectivity index (χ0v) is 11.2. The van der Waals surface area contributed by atoms with Gasteiger partial charge in [0.2, 0.25) is 0 Å². The molecule has 0 aliphatic carbocycles. The standard InChI is InChI=1S/C11H12Cl2N2O3/c1-15(4-2-3-10(16)17)11(18)7-5-9(13)14-6-8(7)12/h5-6H,2-4H2,1H3,(H,16,17). The Balaban J connectivity index is 2.68. The third-order valence-electron chi connectivity index (χ3n) is 2.28. The lowest BCUT2D eigenvalue weighted by atomic mass is 10.2. The Bertz CT molecular complexity index is 466. The molecule has 0 saturated heterocycles. The van der Waals surface area contributed by atoms with Crippen LogP contribution in [0.5, 0.6) is 0 Å². The monoisotopic (exact) mass is 290 g/mol. The van der Waals surface area contributed by atoms with Crippen LogP contribution in [0.25, 0.3) is 0 Å². The maximum Gasteiger partial charge on any atom is 0.303 e. The van der Waals surface area contributed by atoms with E-state index in [9.17, 15) is 9.59 Å². The van der Waals surface area contributed by atoms with Crippen molar-refractivity contribution in [1.82, 2.24) is 9.88 Å². The van der Waals surface area contributed by atoms with E-state index in [1.165, 1.54) is 17.2 Å². The fourth-order valence-corrected chi connectivity index (χ4v) is 1.69. The SMILES string of the molecule is CN(CCCC(=O)O)C(=O)c1cc(Cl)ncc1Cl. The van der Waals surface area contributed by atoms with Gasteiger partial charge in [-0.2, -0.15) is 0 Å². The Morgan fingerprint density at radius 3 is 2.72 bits per heavy atom. The first-order chi connectivity index (χ1) is 8.41. The molecular weight excluding hydrogens is 279 g/mol. The lowest BCUT2D eigenvalue weighted by molar-refractivity contribution is -0.137. The van der Waals surface area contributed by atoms with Gasteiger partial charge in [0.1, 0.15) is 5.15 Å². The molecule has 0 aliphatic rings. The molecule has 1 aromatic rings. The summed E-state index contributed by atoms with van der Waals surface area (Å²) in [5, 5.41) is 8.91. The molecule has 1 aromatic heterocycles.